The summed E-state index contributed by atoms with van der Waals surface area (Å²) in [7, 11) is 1.64. The standard InChI is InChI=1S/C14H19NO3/c1-4-18-14(16)11(2)9-15-10-12-5-7-13(17-3)8-6-12/h5-9,15H,4,10H2,1-3H3. The second kappa shape index (κ2) is 7.37. The Morgan fingerprint density at radius 2 is 2.00 bits per heavy atom. The quantitative estimate of drug-likeness (QED) is 0.620. The summed E-state index contributed by atoms with van der Waals surface area (Å²) in [6.07, 6.45) is 1.67. The molecule has 1 aromatic carbocycles. The number of hydrogen-bond donors (Lipinski definition) is 1. The fourth-order valence-corrected chi connectivity index (χ4v) is 1.37. The van der Waals surface area contributed by atoms with Crippen molar-refractivity contribution in [1.29, 1.82) is 0 Å². The van der Waals surface area contributed by atoms with Crippen LogP contribution in [0.2, 0.25) is 0 Å². The lowest BCUT2D eigenvalue weighted by Crippen LogP contribution is -2.11. The Morgan fingerprint density at radius 1 is 1.33 bits per heavy atom. The van der Waals surface area contributed by atoms with E-state index in [2.05, 4.69) is 5.32 Å². The van der Waals surface area contributed by atoms with Gasteiger partial charge < -0.3 is 14.8 Å². The van der Waals surface area contributed by atoms with Crippen molar-refractivity contribution in [3.8, 4) is 5.75 Å². The highest BCUT2D eigenvalue weighted by atomic mass is 16.5. The van der Waals surface area contributed by atoms with E-state index in [1.54, 1.807) is 27.2 Å². The molecule has 0 radical (unpaired) electrons. The zero-order valence-electron chi connectivity index (χ0n) is 11.0. The minimum Gasteiger partial charge on any atom is -0.497 e. The molecule has 0 saturated heterocycles. The number of benzene rings is 1. The van der Waals surface area contributed by atoms with Crippen molar-refractivity contribution in [2.75, 3.05) is 13.7 Å². The first-order chi connectivity index (χ1) is 8.67. The topological polar surface area (TPSA) is 47.6 Å². The fourth-order valence-electron chi connectivity index (χ4n) is 1.37. The van der Waals surface area contributed by atoms with Crippen molar-refractivity contribution in [2.24, 2.45) is 0 Å². The molecule has 1 rings (SSSR count). The Kier molecular flexibility index (Phi) is 5.77. The second-order valence-corrected chi connectivity index (χ2v) is 3.78. The zero-order chi connectivity index (χ0) is 13.4. The van der Waals surface area contributed by atoms with E-state index in [-0.39, 0.29) is 5.97 Å². The van der Waals surface area contributed by atoms with E-state index in [1.165, 1.54) is 0 Å². The molecular formula is C14H19NO3. The fraction of sp³-hybridized carbons (Fsp3) is 0.357. The number of carbonyl (C=O) groups excluding carboxylic acids is 1. The molecule has 98 valence electrons. The van der Waals surface area contributed by atoms with E-state index in [1.807, 2.05) is 24.3 Å². The zero-order valence-corrected chi connectivity index (χ0v) is 11.0. The predicted octanol–water partition coefficient (Wildman–Crippen LogP) is 2.25. The predicted molar refractivity (Wildman–Crippen MR) is 70.2 cm³/mol. The maximum absolute atomic E-state index is 11.3. The van der Waals surface area contributed by atoms with Gasteiger partial charge in [0.05, 0.1) is 13.7 Å². The minimum atomic E-state index is -0.292. The third kappa shape index (κ3) is 4.49. The van der Waals surface area contributed by atoms with Crippen LogP contribution in [0.15, 0.2) is 36.0 Å². The molecule has 0 fully saturated rings. The van der Waals surface area contributed by atoms with Crippen molar-refractivity contribution in [3.63, 3.8) is 0 Å². The van der Waals surface area contributed by atoms with Crippen LogP contribution in [0.3, 0.4) is 0 Å². The summed E-state index contributed by atoms with van der Waals surface area (Å²) in [6.45, 7) is 4.55. The van der Waals surface area contributed by atoms with Crippen LogP contribution in [0.25, 0.3) is 0 Å². The Bertz CT molecular complexity index is 410. The molecule has 0 aliphatic carbocycles. The highest BCUT2D eigenvalue weighted by Gasteiger charge is 2.03. The number of methoxy groups -OCH3 is 1. The Balaban J connectivity index is 2.44. The number of rotatable bonds is 6. The van der Waals surface area contributed by atoms with Gasteiger partial charge in [0.15, 0.2) is 0 Å². The van der Waals surface area contributed by atoms with Gasteiger partial charge >= 0.3 is 5.97 Å². The van der Waals surface area contributed by atoms with Crippen LogP contribution in [-0.2, 0) is 16.1 Å². The van der Waals surface area contributed by atoms with Gasteiger partial charge in [-0.15, -0.1) is 0 Å². The highest BCUT2D eigenvalue weighted by molar-refractivity contribution is 5.87. The van der Waals surface area contributed by atoms with Crippen molar-refractivity contribution in [3.05, 3.63) is 41.6 Å². The Hall–Kier alpha value is -1.97. The molecule has 0 saturated carbocycles. The normalized spacial score (nSPS) is 10.9. The van der Waals surface area contributed by atoms with Crippen LogP contribution < -0.4 is 10.1 Å². The van der Waals surface area contributed by atoms with Crippen LogP contribution in [0.1, 0.15) is 19.4 Å². The van der Waals surface area contributed by atoms with Gasteiger partial charge in [0.1, 0.15) is 5.75 Å². The summed E-state index contributed by atoms with van der Waals surface area (Å²) >= 11 is 0. The van der Waals surface area contributed by atoms with E-state index >= 15 is 0 Å². The average molecular weight is 249 g/mol. The van der Waals surface area contributed by atoms with Crippen molar-refractivity contribution in [2.45, 2.75) is 20.4 Å². The first-order valence-electron chi connectivity index (χ1n) is 5.87. The number of carbonyl (C=O) groups is 1. The lowest BCUT2D eigenvalue weighted by atomic mass is 10.2. The van der Waals surface area contributed by atoms with Crippen LogP contribution in [-0.4, -0.2) is 19.7 Å². The molecule has 18 heavy (non-hydrogen) atoms. The smallest absolute Gasteiger partial charge is 0.335 e. The number of esters is 1. The number of hydrogen-bond acceptors (Lipinski definition) is 4. The molecule has 0 amide bonds. The molecule has 0 aliphatic heterocycles. The summed E-state index contributed by atoms with van der Waals surface area (Å²) < 4.78 is 9.95. The molecule has 0 bridgehead atoms. The molecular weight excluding hydrogens is 230 g/mol. The first-order valence-corrected chi connectivity index (χ1v) is 5.87. The van der Waals surface area contributed by atoms with Gasteiger partial charge in [-0.2, -0.15) is 0 Å². The van der Waals surface area contributed by atoms with Gasteiger partial charge in [0, 0.05) is 18.3 Å². The molecule has 0 spiro atoms. The maximum Gasteiger partial charge on any atom is 0.335 e. The van der Waals surface area contributed by atoms with Crippen molar-refractivity contribution < 1.29 is 14.3 Å². The van der Waals surface area contributed by atoms with Crippen LogP contribution >= 0.6 is 0 Å². The highest BCUT2D eigenvalue weighted by Crippen LogP contribution is 2.10. The van der Waals surface area contributed by atoms with E-state index in [0.29, 0.717) is 18.7 Å². The van der Waals surface area contributed by atoms with E-state index in [0.717, 1.165) is 11.3 Å². The third-order valence-corrected chi connectivity index (χ3v) is 2.38. The molecule has 4 heteroatoms. The number of nitrogens with one attached hydrogen (secondary N) is 1. The SMILES string of the molecule is CCOC(=O)C(C)=CNCc1ccc(OC)cc1. The largest absolute Gasteiger partial charge is 0.497 e. The molecule has 0 atom stereocenters. The van der Waals surface area contributed by atoms with Crippen LogP contribution in [0.5, 0.6) is 5.75 Å². The van der Waals surface area contributed by atoms with Crippen LogP contribution in [0.4, 0.5) is 0 Å². The molecule has 0 aromatic heterocycles. The molecule has 1 aromatic rings. The van der Waals surface area contributed by atoms with Gasteiger partial charge in [-0.3, -0.25) is 0 Å². The van der Waals surface area contributed by atoms with Gasteiger partial charge in [-0.1, -0.05) is 12.1 Å². The van der Waals surface area contributed by atoms with Crippen molar-refractivity contribution >= 4 is 5.97 Å². The third-order valence-electron chi connectivity index (χ3n) is 2.38. The summed E-state index contributed by atoms with van der Waals surface area (Å²) in [5.74, 6) is 0.539. The van der Waals surface area contributed by atoms with Gasteiger partial charge in [0.25, 0.3) is 0 Å². The summed E-state index contributed by atoms with van der Waals surface area (Å²) in [5.41, 5.74) is 1.68. The van der Waals surface area contributed by atoms with E-state index in [4.69, 9.17) is 9.47 Å². The van der Waals surface area contributed by atoms with Crippen LogP contribution in [0, 0.1) is 0 Å². The monoisotopic (exact) mass is 249 g/mol. The van der Waals surface area contributed by atoms with E-state index < -0.39 is 0 Å². The maximum atomic E-state index is 11.3. The van der Waals surface area contributed by atoms with E-state index in [9.17, 15) is 4.79 Å². The minimum absolute atomic E-state index is 0.292. The second-order valence-electron chi connectivity index (χ2n) is 3.78. The van der Waals surface area contributed by atoms with Gasteiger partial charge in [-0.05, 0) is 31.5 Å². The summed E-state index contributed by atoms with van der Waals surface area (Å²) in [4.78, 5) is 11.3. The molecule has 0 aliphatic rings. The summed E-state index contributed by atoms with van der Waals surface area (Å²) in [6, 6.07) is 7.75. The van der Waals surface area contributed by atoms with Gasteiger partial charge in [0.2, 0.25) is 0 Å². The molecule has 0 heterocycles. The lowest BCUT2D eigenvalue weighted by Gasteiger charge is -2.05. The molecule has 1 N–H and O–H groups in total. The molecule has 4 nitrogen and oxygen atoms in total. The molecule has 0 unspecified atom stereocenters. The lowest BCUT2D eigenvalue weighted by molar-refractivity contribution is -0.138. The van der Waals surface area contributed by atoms with Gasteiger partial charge in [-0.25, -0.2) is 4.79 Å². The van der Waals surface area contributed by atoms with Crippen molar-refractivity contribution in [1.82, 2.24) is 5.32 Å². The first kappa shape index (κ1) is 14.1. The average Bonchev–Trinajstić information content (AvgIpc) is 2.39. The Labute approximate surface area is 108 Å². The Morgan fingerprint density at radius 3 is 2.56 bits per heavy atom. The number of ether oxygens (including phenoxy) is 2. The summed E-state index contributed by atoms with van der Waals surface area (Å²) in [5, 5.41) is 3.07.